The molecule has 0 aliphatic carbocycles. The summed E-state index contributed by atoms with van der Waals surface area (Å²) < 4.78 is 39.5. The maximum absolute atomic E-state index is 14.1. The van der Waals surface area contributed by atoms with Gasteiger partial charge in [0.2, 0.25) is 0 Å². The van der Waals surface area contributed by atoms with Gasteiger partial charge < -0.3 is 14.8 Å². The molecule has 3 nitrogen and oxygen atoms in total. The Hall–Kier alpha value is -1.04. The van der Waals surface area contributed by atoms with Crippen molar-refractivity contribution in [2.75, 3.05) is 26.9 Å². The fourth-order valence-electron chi connectivity index (χ4n) is 2.98. The van der Waals surface area contributed by atoms with E-state index in [1.165, 1.54) is 18.2 Å². The van der Waals surface area contributed by atoms with Crippen LogP contribution in [0.5, 0.6) is 0 Å². The Kier molecular flexibility index (Phi) is 5.07. The molecule has 0 spiro atoms. The van der Waals surface area contributed by atoms with Gasteiger partial charge in [0, 0.05) is 38.2 Å². The summed E-state index contributed by atoms with van der Waals surface area (Å²) in [6.07, 6.45) is 1.22. The minimum absolute atomic E-state index is 0.0466. The number of likely N-dealkylation sites (N-methyl/N-ethyl adjacent to an activating group) is 1. The van der Waals surface area contributed by atoms with Crippen molar-refractivity contribution in [2.24, 2.45) is 0 Å². The molecule has 1 fully saturated rings. The average molecular weight is 285 g/mol. The van der Waals surface area contributed by atoms with Gasteiger partial charge in [-0.1, -0.05) is 6.07 Å². The predicted octanol–water partition coefficient (Wildman–Crippen LogP) is 2.81. The highest BCUT2D eigenvalue weighted by atomic mass is 19.1. The summed E-state index contributed by atoms with van der Waals surface area (Å²) in [5.74, 6) is -1.09. The monoisotopic (exact) mass is 285 g/mol. The first-order chi connectivity index (χ1) is 9.64. The van der Waals surface area contributed by atoms with Crippen LogP contribution in [0.25, 0.3) is 0 Å². The standard InChI is InChI=1S/C15H21F2NO2/c1-3-20-15(7-9-19-10-8-15)14(18-2)13-11(16)5-4-6-12(13)17/h4-6,14,18H,3,7-10H2,1-2H3. The van der Waals surface area contributed by atoms with E-state index < -0.39 is 23.3 Å². The molecule has 1 atom stereocenters. The zero-order valence-corrected chi connectivity index (χ0v) is 11.9. The molecule has 1 aromatic rings. The molecule has 1 saturated heterocycles. The van der Waals surface area contributed by atoms with Gasteiger partial charge in [-0.05, 0) is 26.1 Å². The van der Waals surface area contributed by atoms with Crippen molar-refractivity contribution >= 4 is 0 Å². The topological polar surface area (TPSA) is 30.5 Å². The molecule has 5 heteroatoms. The van der Waals surface area contributed by atoms with E-state index in [-0.39, 0.29) is 5.56 Å². The fourth-order valence-corrected chi connectivity index (χ4v) is 2.98. The van der Waals surface area contributed by atoms with Gasteiger partial charge in [0.15, 0.2) is 0 Å². The number of hydrogen-bond acceptors (Lipinski definition) is 3. The second-order valence-electron chi connectivity index (χ2n) is 4.97. The SMILES string of the molecule is CCOC1(C(NC)c2c(F)cccc2F)CCOCC1. The van der Waals surface area contributed by atoms with Crippen LogP contribution in [0.1, 0.15) is 31.4 Å². The molecule has 1 aromatic carbocycles. The van der Waals surface area contributed by atoms with Crippen molar-refractivity contribution in [2.45, 2.75) is 31.4 Å². The van der Waals surface area contributed by atoms with Gasteiger partial charge >= 0.3 is 0 Å². The van der Waals surface area contributed by atoms with Crippen LogP contribution in [-0.2, 0) is 9.47 Å². The summed E-state index contributed by atoms with van der Waals surface area (Å²) in [5.41, 5.74) is -0.588. The van der Waals surface area contributed by atoms with Crippen LogP contribution in [0.15, 0.2) is 18.2 Å². The van der Waals surface area contributed by atoms with Crippen molar-refractivity contribution in [3.05, 3.63) is 35.4 Å². The molecule has 1 heterocycles. The quantitative estimate of drug-likeness (QED) is 0.902. The van der Waals surface area contributed by atoms with Crippen LogP contribution in [0.3, 0.4) is 0 Å². The minimum atomic E-state index is -0.634. The van der Waals surface area contributed by atoms with Crippen LogP contribution in [0.2, 0.25) is 0 Å². The van der Waals surface area contributed by atoms with E-state index >= 15 is 0 Å². The Morgan fingerprint density at radius 3 is 2.40 bits per heavy atom. The lowest BCUT2D eigenvalue weighted by Crippen LogP contribution is -2.49. The summed E-state index contributed by atoms with van der Waals surface area (Å²) in [7, 11) is 1.70. The van der Waals surface area contributed by atoms with Gasteiger partial charge in [-0.3, -0.25) is 0 Å². The van der Waals surface area contributed by atoms with Crippen LogP contribution >= 0.6 is 0 Å². The number of hydrogen-bond donors (Lipinski definition) is 1. The molecule has 20 heavy (non-hydrogen) atoms. The summed E-state index contributed by atoms with van der Waals surface area (Å²) in [5, 5.41) is 3.03. The normalized spacial score (nSPS) is 19.8. The van der Waals surface area contributed by atoms with E-state index in [0.29, 0.717) is 32.7 Å². The van der Waals surface area contributed by atoms with Crippen molar-refractivity contribution in [1.82, 2.24) is 5.32 Å². The van der Waals surface area contributed by atoms with Gasteiger partial charge in [0.1, 0.15) is 11.6 Å². The summed E-state index contributed by atoms with van der Waals surface area (Å²) >= 11 is 0. The Bertz CT molecular complexity index is 422. The third kappa shape index (κ3) is 2.85. The highest BCUT2D eigenvalue weighted by Crippen LogP contribution is 2.39. The first-order valence-electron chi connectivity index (χ1n) is 6.97. The second-order valence-corrected chi connectivity index (χ2v) is 4.97. The molecule has 1 aliphatic rings. The van der Waals surface area contributed by atoms with Gasteiger partial charge in [0.25, 0.3) is 0 Å². The fraction of sp³-hybridized carbons (Fsp3) is 0.600. The minimum Gasteiger partial charge on any atom is -0.381 e. The molecule has 1 unspecified atom stereocenters. The first kappa shape index (κ1) is 15.4. The summed E-state index contributed by atoms with van der Waals surface area (Å²) in [6.45, 7) is 3.46. The molecule has 0 radical (unpaired) electrons. The molecular formula is C15H21F2NO2. The lowest BCUT2D eigenvalue weighted by atomic mass is 9.81. The third-order valence-electron chi connectivity index (χ3n) is 3.87. The number of ether oxygens (including phenoxy) is 2. The van der Waals surface area contributed by atoms with Crippen LogP contribution < -0.4 is 5.32 Å². The van der Waals surface area contributed by atoms with Gasteiger partial charge in [-0.25, -0.2) is 8.78 Å². The van der Waals surface area contributed by atoms with Crippen molar-refractivity contribution < 1.29 is 18.3 Å². The van der Waals surface area contributed by atoms with E-state index in [0.717, 1.165) is 0 Å². The van der Waals surface area contributed by atoms with Crippen LogP contribution in [-0.4, -0.2) is 32.5 Å². The predicted molar refractivity (Wildman–Crippen MR) is 72.6 cm³/mol. The lowest BCUT2D eigenvalue weighted by Gasteiger charge is -2.43. The van der Waals surface area contributed by atoms with E-state index in [2.05, 4.69) is 5.32 Å². The molecule has 0 amide bonds. The molecule has 0 bridgehead atoms. The van der Waals surface area contributed by atoms with E-state index in [1.807, 2.05) is 6.92 Å². The third-order valence-corrected chi connectivity index (χ3v) is 3.87. The largest absolute Gasteiger partial charge is 0.381 e. The maximum atomic E-state index is 14.1. The Labute approximate surface area is 118 Å². The highest BCUT2D eigenvalue weighted by Gasteiger charge is 2.43. The Morgan fingerprint density at radius 1 is 1.30 bits per heavy atom. The molecule has 1 N–H and O–H groups in total. The summed E-state index contributed by atoms with van der Waals surface area (Å²) in [6, 6.07) is 3.40. The van der Waals surface area contributed by atoms with E-state index in [9.17, 15) is 8.78 Å². The number of nitrogens with one attached hydrogen (secondary N) is 1. The molecule has 112 valence electrons. The first-order valence-corrected chi connectivity index (χ1v) is 6.97. The lowest BCUT2D eigenvalue weighted by molar-refractivity contribution is -0.128. The molecule has 0 saturated carbocycles. The Morgan fingerprint density at radius 2 is 1.90 bits per heavy atom. The van der Waals surface area contributed by atoms with Crippen LogP contribution in [0, 0.1) is 11.6 Å². The highest BCUT2D eigenvalue weighted by molar-refractivity contribution is 5.26. The van der Waals surface area contributed by atoms with Gasteiger partial charge in [0.05, 0.1) is 11.6 Å². The molecule has 1 aliphatic heterocycles. The maximum Gasteiger partial charge on any atom is 0.131 e. The average Bonchev–Trinajstić information content (AvgIpc) is 2.44. The number of rotatable bonds is 5. The van der Waals surface area contributed by atoms with Crippen molar-refractivity contribution in [3.63, 3.8) is 0 Å². The van der Waals surface area contributed by atoms with Crippen molar-refractivity contribution in [3.8, 4) is 0 Å². The molecule has 2 rings (SSSR count). The molecular weight excluding hydrogens is 264 g/mol. The summed E-state index contributed by atoms with van der Waals surface area (Å²) in [4.78, 5) is 0. The zero-order valence-electron chi connectivity index (χ0n) is 11.9. The van der Waals surface area contributed by atoms with Crippen LogP contribution in [0.4, 0.5) is 8.78 Å². The van der Waals surface area contributed by atoms with Crippen molar-refractivity contribution in [1.29, 1.82) is 0 Å². The van der Waals surface area contributed by atoms with E-state index in [1.54, 1.807) is 7.05 Å². The molecule has 0 aromatic heterocycles. The Balaban J connectivity index is 2.42. The second kappa shape index (κ2) is 6.61. The smallest absolute Gasteiger partial charge is 0.131 e. The van der Waals surface area contributed by atoms with Gasteiger partial charge in [-0.2, -0.15) is 0 Å². The number of halogens is 2. The number of benzene rings is 1. The zero-order chi connectivity index (χ0) is 14.6. The van der Waals surface area contributed by atoms with Gasteiger partial charge in [-0.15, -0.1) is 0 Å². The van der Waals surface area contributed by atoms with E-state index in [4.69, 9.17) is 9.47 Å².